The average molecular weight is 316 g/mol. The zero-order chi connectivity index (χ0) is 14.7. The third kappa shape index (κ3) is 4.01. The highest BCUT2D eigenvalue weighted by Gasteiger charge is 2.39. The van der Waals surface area contributed by atoms with Crippen LogP contribution in [-0.4, -0.2) is 31.8 Å². The minimum Gasteiger partial charge on any atom is -0.383 e. The Balaban J connectivity index is 1.94. The third-order valence-electron chi connectivity index (χ3n) is 3.23. The molecule has 2 rings (SSSR count). The number of nitrogens with two attached hydrogens (primary N) is 1. The molecule has 3 atom stereocenters. The maximum Gasteiger partial charge on any atom is 0.189 e. The molecule has 0 aromatic heterocycles. The van der Waals surface area contributed by atoms with E-state index in [0.29, 0.717) is 28.5 Å². The second-order valence-corrected chi connectivity index (χ2v) is 5.93. The molecule has 1 saturated carbocycles. The maximum atomic E-state index is 6.20. The molecule has 110 valence electrons. The molecule has 0 bridgehead atoms. The molecule has 20 heavy (non-hydrogen) atoms. The van der Waals surface area contributed by atoms with E-state index in [1.807, 2.05) is 19.1 Å². The van der Waals surface area contributed by atoms with Gasteiger partial charge in [0.1, 0.15) is 0 Å². The molecular formula is C14H19Cl2N3O. The SMILES string of the molecule is COCC(C)NC(N)=N[C@@H]1C[C@H]1c1ccc(Cl)cc1Cl. The second-order valence-electron chi connectivity index (χ2n) is 5.09. The molecule has 1 aliphatic rings. The van der Waals surface area contributed by atoms with Gasteiger partial charge >= 0.3 is 0 Å². The average Bonchev–Trinajstić information content (AvgIpc) is 3.07. The number of ether oxygens (including phenoxy) is 1. The first-order valence-electron chi connectivity index (χ1n) is 6.55. The van der Waals surface area contributed by atoms with E-state index in [1.54, 1.807) is 13.2 Å². The molecule has 6 heteroatoms. The van der Waals surface area contributed by atoms with E-state index in [9.17, 15) is 0 Å². The van der Waals surface area contributed by atoms with Crippen LogP contribution in [0.1, 0.15) is 24.8 Å². The highest BCUT2D eigenvalue weighted by molar-refractivity contribution is 6.35. The van der Waals surface area contributed by atoms with Gasteiger partial charge in [0.15, 0.2) is 5.96 Å². The number of nitrogens with one attached hydrogen (secondary N) is 1. The van der Waals surface area contributed by atoms with E-state index in [2.05, 4.69) is 10.3 Å². The van der Waals surface area contributed by atoms with Gasteiger partial charge in [-0.3, -0.25) is 0 Å². The number of rotatable bonds is 5. The summed E-state index contributed by atoms with van der Waals surface area (Å²) >= 11 is 12.1. The van der Waals surface area contributed by atoms with Crippen LogP contribution < -0.4 is 11.1 Å². The van der Waals surface area contributed by atoms with Crippen LogP contribution in [0.3, 0.4) is 0 Å². The fourth-order valence-electron chi connectivity index (χ4n) is 2.22. The van der Waals surface area contributed by atoms with Gasteiger partial charge < -0.3 is 15.8 Å². The monoisotopic (exact) mass is 315 g/mol. The Kier molecular flexibility index (Phi) is 5.13. The lowest BCUT2D eigenvalue weighted by molar-refractivity contribution is 0.179. The summed E-state index contributed by atoms with van der Waals surface area (Å²) in [5, 5.41) is 4.44. The van der Waals surface area contributed by atoms with Gasteiger partial charge in [0.25, 0.3) is 0 Å². The van der Waals surface area contributed by atoms with Crippen molar-refractivity contribution in [3.8, 4) is 0 Å². The molecule has 0 radical (unpaired) electrons. The van der Waals surface area contributed by atoms with E-state index in [-0.39, 0.29) is 12.1 Å². The number of aliphatic imine (C=N–C) groups is 1. The van der Waals surface area contributed by atoms with Crippen LogP contribution in [-0.2, 0) is 4.74 Å². The fraction of sp³-hybridized carbons (Fsp3) is 0.500. The number of halogens is 2. The molecule has 1 aromatic carbocycles. The Morgan fingerprint density at radius 3 is 2.95 bits per heavy atom. The summed E-state index contributed by atoms with van der Waals surface area (Å²) < 4.78 is 5.04. The molecule has 0 spiro atoms. The highest BCUT2D eigenvalue weighted by atomic mass is 35.5. The molecular weight excluding hydrogens is 297 g/mol. The van der Waals surface area contributed by atoms with E-state index < -0.39 is 0 Å². The van der Waals surface area contributed by atoms with Crippen molar-refractivity contribution in [2.75, 3.05) is 13.7 Å². The van der Waals surface area contributed by atoms with Crippen LogP contribution in [0.25, 0.3) is 0 Å². The van der Waals surface area contributed by atoms with Crippen LogP contribution in [0.15, 0.2) is 23.2 Å². The predicted molar refractivity (Wildman–Crippen MR) is 83.7 cm³/mol. The van der Waals surface area contributed by atoms with Gasteiger partial charge in [-0.15, -0.1) is 0 Å². The Morgan fingerprint density at radius 1 is 1.55 bits per heavy atom. The minimum atomic E-state index is 0.139. The number of benzene rings is 1. The minimum absolute atomic E-state index is 0.139. The summed E-state index contributed by atoms with van der Waals surface area (Å²) in [6, 6.07) is 5.90. The Labute approximate surface area is 129 Å². The van der Waals surface area contributed by atoms with Crippen molar-refractivity contribution in [2.45, 2.75) is 31.3 Å². The van der Waals surface area contributed by atoms with Gasteiger partial charge in [-0.05, 0) is 31.0 Å². The molecule has 0 aliphatic heterocycles. The lowest BCUT2D eigenvalue weighted by Crippen LogP contribution is -2.40. The molecule has 0 saturated heterocycles. The maximum absolute atomic E-state index is 6.20. The molecule has 1 aromatic rings. The summed E-state index contributed by atoms with van der Waals surface area (Å²) in [4.78, 5) is 4.47. The number of hydrogen-bond acceptors (Lipinski definition) is 2. The molecule has 3 N–H and O–H groups in total. The molecule has 4 nitrogen and oxygen atoms in total. The van der Waals surface area contributed by atoms with Crippen LogP contribution in [0.4, 0.5) is 0 Å². The van der Waals surface area contributed by atoms with E-state index in [0.717, 1.165) is 12.0 Å². The van der Waals surface area contributed by atoms with Gasteiger partial charge in [-0.25, -0.2) is 4.99 Å². The number of hydrogen-bond donors (Lipinski definition) is 2. The second kappa shape index (κ2) is 6.66. The van der Waals surface area contributed by atoms with Crippen molar-refractivity contribution in [1.29, 1.82) is 0 Å². The van der Waals surface area contributed by atoms with Crippen molar-refractivity contribution < 1.29 is 4.74 Å². The van der Waals surface area contributed by atoms with Crippen LogP contribution >= 0.6 is 23.2 Å². The van der Waals surface area contributed by atoms with Gasteiger partial charge in [0.05, 0.1) is 12.6 Å². The lowest BCUT2D eigenvalue weighted by Gasteiger charge is -2.13. The van der Waals surface area contributed by atoms with Crippen molar-refractivity contribution >= 4 is 29.2 Å². The first-order chi connectivity index (χ1) is 9.51. The van der Waals surface area contributed by atoms with Gasteiger partial charge in [-0.2, -0.15) is 0 Å². The highest BCUT2D eigenvalue weighted by Crippen LogP contribution is 2.46. The number of nitrogens with zero attached hydrogens (tertiary/aromatic N) is 1. The molecule has 1 fully saturated rings. The van der Waals surface area contributed by atoms with Crippen molar-refractivity contribution in [1.82, 2.24) is 5.32 Å². The summed E-state index contributed by atoms with van der Waals surface area (Å²) in [6.45, 7) is 2.58. The molecule has 0 amide bonds. The first-order valence-corrected chi connectivity index (χ1v) is 7.30. The fourth-order valence-corrected chi connectivity index (χ4v) is 2.77. The Hall–Kier alpha value is -0.970. The van der Waals surface area contributed by atoms with Crippen LogP contribution in [0.2, 0.25) is 10.0 Å². The zero-order valence-electron chi connectivity index (χ0n) is 11.6. The van der Waals surface area contributed by atoms with Gasteiger partial charge in [-0.1, -0.05) is 29.3 Å². The topological polar surface area (TPSA) is 59.6 Å². The van der Waals surface area contributed by atoms with Crippen molar-refractivity contribution in [3.63, 3.8) is 0 Å². The van der Waals surface area contributed by atoms with Crippen molar-refractivity contribution in [3.05, 3.63) is 33.8 Å². The summed E-state index contributed by atoms with van der Waals surface area (Å²) in [5.74, 6) is 0.782. The van der Waals surface area contributed by atoms with E-state index in [1.165, 1.54) is 0 Å². The zero-order valence-corrected chi connectivity index (χ0v) is 13.1. The van der Waals surface area contributed by atoms with E-state index in [4.69, 9.17) is 33.7 Å². The molecule has 1 aliphatic carbocycles. The summed E-state index contributed by atoms with van der Waals surface area (Å²) in [5.41, 5.74) is 6.96. The Morgan fingerprint density at radius 2 is 2.30 bits per heavy atom. The van der Waals surface area contributed by atoms with Crippen molar-refractivity contribution in [2.24, 2.45) is 10.7 Å². The standard InChI is InChI=1S/C14H19Cl2N3O/c1-8(7-20-2)18-14(17)19-13-6-11(13)10-4-3-9(15)5-12(10)16/h3-5,8,11,13H,6-7H2,1-2H3,(H3,17,18,19)/t8?,11-,13+/m0/s1. The summed E-state index contributed by atoms with van der Waals surface area (Å²) in [6.07, 6.45) is 0.961. The number of guanidine groups is 1. The smallest absolute Gasteiger partial charge is 0.189 e. The quantitative estimate of drug-likeness (QED) is 0.649. The van der Waals surface area contributed by atoms with Crippen LogP contribution in [0.5, 0.6) is 0 Å². The van der Waals surface area contributed by atoms with Gasteiger partial charge in [0.2, 0.25) is 0 Å². The van der Waals surface area contributed by atoms with Gasteiger partial charge in [0, 0.05) is 29.1 Å². The van der Waals surface area contributed by atoms with E-state index >= 15 is 0 Å². The predicted octanol–water partition coefficient (Wildman–Crippen LogP) is 2.79. The molecule has 1 unspecified atom stereocenters. The largest absolute Gasteiger partial charge is 0.383 e. The summed E-state index contributed by atoms with van der Waals surface area (Å²) in [7, 11) is 1.66. The normalized spacial score (nSPS) is 23.5. The first kappa shape index (κ1) is 15.4. The molecule has 0 heterocycles. The Bertz CT molecular complexity index is 507. The lowest BCUT2D eigenvalue weighted by atomic mass is 10.1. The number of methoxy groups -OCH3 is 1. The van der Waals surface area contributed by atoms with Crippen LogP contribution in [0, 0.1) is 0 Å². The third-order valence-corrected chi connectivity index (χ3v) is 3.80.